The lowest BCUT2D eigenvalue weighted by Crippen LogP contribution is -2.38. The van der Waals surface area contributed by atoms with Crippen molar-refractivity contribution in [1.82, 2.24) is 10.2 Å². The number of allylic oxidation sites excluding steroid dienone is 2. The zero-order valence-corrected chi connectivity index (χ0v) is 15.8. The molecule has 1 N–H and O–H groups in total. The van der Waals surface area contributed by atoms with E-state index in [4.69, 9.17) is 0 Å². The normalized spacial score (nSPS) is 24.0. The van der Waals surface area contributed by atoms with Crippen LogP contribution in [0, 0.1) is 5.92 Å². The van der Waals surface area contributed by atoms with Gasteiger partial charge in [-0.25, -0.2) is 4.99 Å². The van der Waals surface area contributed by atoms with E-state index in [2.05, 4.69) is 46.5 Å². The minimum Gasteiger partial charge on any atom is -0.344 e. The van der Waals surface area contributed by atoms with Crippen molar-refractivity contribution in [1.29, 1.82) is 0 Å². The van der Waals surface area contributed by atoms with Gasteiger partial charge in [0.2, 0.25) is 0 Å². The van der Waals surface area contributed by atoms with Crippen LogP contribution < -0.4 is 15.8 Å². The second-order valence-corrected chi connectivity index (χ2v) is 7.51. The van der Waals surface area contributed by atoms with Crippen LogP contribution in [0.3, 0.4) is 0 Å². The third-order valence-electron chi connectivity index (χ3n) is 5.36. The number of hydrogen-bond donors (Lipinski definition) is 1. The molecular formula is C21H23F3N4. The molecule has 1 aromatic rings. The van der Waals surface area contributed by atoms with Gasteiger partial charge in [0.05, 0.1) is 12.5 Å². The molecule has 4 rings (SSSR count). The van der Waals surface area contributed by atoms with Crippen molar-refractivity contribution < 1.29 is 13.2 Å². The molecule has 0 spiro atoms. The molecule has 0 radical (unpaired) electrons. The van der Waals surface area contributed by atoms with Crippen molar-refractivity contribution in [3.63, 3.8) is 0 Å². The van der Waals surface area contributed by atoms with Crippen molar-refractivity contribution in [3.05, 3.63) is 46.5 Å². The standard InChI is InChI=1S/C21H23F3N4/c1-14-5-4-7-16(9-15-6-2-3-8-17(14)15)27-20-18-10-28(12-21(22,23)24)11-19(18)25-13-26-20/h2-3,6-9,18H,4-5,10-13H2,1H3,(H,26,27)/b15-9-,16-7?,17-14?. The van der Waals surface area contributed by atoms with E-state index in [9.17, 15) is 13.2 Å². The zero-order valence-electron chi connectivity index (χ0n) is 15.8. The van der Waals surface area contributed by atoms with Gasteiger partial charge in [0.1, 0.15) is 12.5 Å². The van der Waals surface area contributed by atoms with Gasteiger partial charge in [0.15, 0.2) is 0 Å². The van der Waals surface area contributed by atoms with Crippen LogP contribution in [0.25, 0.3) is 11.6 Å². The number of nitrogens with one attached hydrogen (secondary N) is 1. The number of alkyl halides is 3. The minimum atomic E-state index is -4.20. The predicted octanol–water partition coefficient (Wildman–Crippen LogP) is 2.21. The van der Waals surface area contributed by atoms with Crippen molar-refractivity contribution >= 4 is 23.2 Å². The third-order valence-corrected chi connectivity index (χ3v) is 5.36. The average molecular weight is 388 g/mol. The highest BCUT2D eigenvalue weighted by Gasteiger charge is 2.39. The largest absolute Gasteiger partial charge is 0.401 e. The van der Waals surface area contributed by atoms with E-state index in [0.29, 0.717) is 6.54 Å². The molecule has 4 nitrogen and oxygen atoms in total. The Bertz CT molecular complexity index is 972. The zero-order chi connectivity index (χ0) is 19.7. The quantitative estimate of drug-likeness (QED) is 0.844. The molecule has 1 saturated heterocycles. The summed E-state index contributed by atoms with van der Waals surface area (Å²) in [4.78, 5) is 10.2. The highest BCUT2D eigenvalue weighted by molar-refractivity contribution is 6.10. The van der Waals surface area contributed by atoms with E-state index in [1.807, 2.05) is 12.1 Å². The second-order valence-electron chi connectivity index (χ2n) is 7.51. The summed E-state index contributed by atoms with van der Waals surface area (Å²) in [6.45, 7) is 2.06. The van der Waals surface area contributed by atoms with Gasteiger partial charge in [0.25, 0.3) is 0 Å². The number of hydrogen-bond acceptors (Lipinski definition) is 4. The Hall–Kier alpha value is -2.41. The molecule has 0 amide bonds. The van der Waals surface area contributed by atoms with Crippen LogP contribution in [-0.4, -0.2) is 48.9 Å². The van der Waals surface area contributed by atoms with Gasteiger partial charge in [0, 0.05) is 24.5 Å². The van der Waals surface area contributed by atoms with Crippen molar-refractivity contribution in [2.24, 2.45) is 15.9 Å². The Labute approximate surface area is 161 Å². The summed E-state index contributed by atoms with van der Waals surface area (Å²) >= 11 is 0. The maximum atomic E-state index is 12.8. The van der Waals surface area contributed by atoms with Crippen LogP contribution in [-0.2, 0) is 0 Å². The summed E-state index contributed by atoms with van der Waals surface area (Å²) < 4.78 is 38.3. The van der Waals surface area contributed by atoms with E-state index in [1.165, 1.54) is 15.7 Å². The van der Waals surface area contributed by atoms with Crippen LogP contribution in [0.15, 0.2) is 46.0 Å². The minimum absolute atomic E-state index is 0.195. The molecule has 2 heterocycles. The smallest absolute Gasteiger partial charge is 0.344 e. The maximum Gasteiger partial charge on any atom is 0.401 e. The molecule has 1 atom stereocenters. The number of amidine groups is 1. The van der Waals surface area contributed by atoms with Crippen LogP contribution in [0.1, 0.15) is 19.8 Å². The van der Waals surface area contributed by atoms with Crippen LogP contribution >= 0.6 is 0 Å². The molecule has 3 aliphatic rings. The van der Waals surface area contributed by atoms with E-state index in [0.717, 1.165) is 35.3 Å². The summed E-state index contributed by atoms with van der Waals surface area (Å²) in [5.41, 5.74) is 3.08. The highest BCUT2D eigenvalue weighted by atomic mass is 19.4. The van der Waals surface area contributed by atoms with Gasteiger partial charge >= 0.3 is 6.18 Å². The molecule has 1 aliphatic carbocycles. The number of halogens is 3. The molecule has 28 heavy (non-hydrogen) atoms. The first-order chi connectivity index (χ1) is 13.4. The number of rotatable bonds is 2. The monoisotopic (exact) mass is 388 g/mol. The van der Waals surface area contributed by atoms with E-state index in [1.54, 1.807) is 0 Å². The van der Waals surface area contributed by atoms with Gasteiger partial charge in [-0.2, -0.15) is 13.2 Å². The topological polar surface area (TPSA) is 40.0 Å². The molecule has 0 saturated carbocycles. The molecule has 7 heteroatoms. The summed E-state index contributed by atoms with van der Waals surface area (Å²) in [5, 5.41) is 5.76. The first kappa shape index (κ1) is 18.9. The first-order valence-electron chi connectivity index (χ1n) is 9.49. The molecule has 148 valence electrons. The number of nitrogens with zero attached hydrogens (tertiary/aromatic N) is 3. The molecular weight excluding hydrogens is 365 g/mol. The fraction of sp³-hybridized carbons (Fsp3) is 0.429. The SMILES string of the molecule is CC1=c2cccc/c2=C/C(NC2=NCN=C3CN(CC(F)(F)F)CC32)=CCC1. The highest BCUT2D eigenvalue weighted by Crippen LogP contribution is 2.24. The Morgan fingerprint density at radius 2 is 2.04 bits per heavy atom. The fourth-order valence-electron chi connectivity index (χ4n) is 4.04. The summed E-state index contributed by atoms with van der Waals surface area (Å²) in [6.07, 6.45) is 1.90. The number of aliphatic imine (C=N–C) groups is 2. The van der Waals surface area contributed by atoms with Gasteiger partial charge in [-0.05, 0) is 36.3 Å². The fourth-order valence-corrected chi connectivity index (χ4v) is 4.04. The van der Waals surface area contributed by atoms with Gasteiger partial charge in [-0.15, -0.1) is 0 Å². The summed E-state index contributed by atoms with van der Waals surface area (Å²) in [6, 6.07) is 8.25. The number of fused-ring (bicyclic) bond motifs is 2. The Balaban J connectivity index is 1.56. The predicted molar refractivity (Wildman–Crippen MR) is 105 cm³/mol. The molecule has 1 fully saturated rings. The number of likely N-dealkylation sites (tertiary alicyclic amines) is 1. The lowest BCUT2D eigenvalue weighted by atomic mass is 10.0. The van der Waals surface area contributed by atoms with Crippen LogP contribution in [0.4, 0.5) is 13.2 Å². The lowest BCUT2D eigenvalue weighted by molar-refractivity contribution is -0.143. The molecule has 1 aromatic carbocycles. The molecule has 1 unspecified atom stereocenters. The van der Waals surface area contributed by atoms with Gasteiger partial charge in [-0.1, -0.05) is 35.9 Å². The summed E-state index contributed by atoms with van der Waals surface area (Å²) in [5.74, 6) is 0.523. The van der Waals surface area contributed by atoms with E-state index >= 15 is 0 Å². The van der Waals surface area contributed by atoms with Crippen molar-refractivity contribution in [2.45, 2.75) is 25.9 Å². The molecule has 0 aromatic heterocycles. The molecule has 0 bridgehead atoms. The third kappa shape index (κ3) is 4.19. The average Bonchev–Trinajstić information content (AvgIpc) is 3.02. The maximum absolute atomic E-state index is 12.8. The van der Waals surface area contributed by atoms with Crippen LogP contribution in [0.5, 0.6) is 0 Å². The summed E-state index contributed by atoms with van der Waals surface area (Å²) in [7, 11) is 0. The van der Waals surface area contributed by atoms with E-state index in [-0.39, 0.29) is 19.1 Å². The van der Waals surface area contributed by atoms with Crippen LogP contribution in [0.2, 0.25) is 0 Å². The van der Waals surface area contributed by atoms with E-state index < -0.39 is 12.7 Å². The van der Waals surface area contributed by atoms with Gasteiger partial charge in [-0.3, -0.25) is 9.89 Å². The first-order valence-corrected chi connectivity index (χ1v) is 9.49. The van der Waals surface area contributed by atoms with Gasteiger partial charge < -0.3 is 5.32 Å². The Morgan fingerprint density at radius 1 is 1.21 bits per heavy atom. The Kier molecular flexibility index (Phi) is 5.10. The number of benzene rings is 1. The lowest BCUT2D eigenvalue weighted by Gasteiger charge is -2.21. The Morgan fingerprint density at radius 3 is 2.86 bits per heavy atom. The van der Waals surface area contributed by atoms with Crippen molar-refractivity contribution in [3.8, 4) is 0 Å². The second kappa shape index (κ2) is 7.54. The van der Waals surface area contributed by atoms with Crippen molar-refractivity contribution in [2.75, 3.05) is 26.3 Å². The molecule has 2 aliphatic heterocycles.